The minimum atomic E-state index is 0.798. The van der Waals surface area contributed by atoms with E-state index in [9.17, 15) is 0 Å². The normalized spacial score (nSPS) is 12.5. The van der Waals surface area contributed by atoms with Gasteiger partial charge in [-0.2, -0.15) is 0 Å². The topological polar surface area (TPSA) is 48.3 Å². The summed E-state index contributed by atoms with van der Waals surface area (Å²) in [6.07, 6.45) is 0. The van der Waals surface area contributed by atoms with Crippen LogP contribution in [0.5, 0.6) is 0 Å². The third-order valence-electron chi connectivity index (χ3n) is 11.4. The molecule has 5 heteroatoms. The van der Waals surface area contributed by atoms with E-state index in [1.807, 2.05) is 0 Å². The van der Waals surface area contributed by atoms with Crippen molar-refractivity contribution in [1.29, 1.82) is 0 Å². The Hall–Kier alpha value is -7.24. The fraction of sp³-hybridized carbons (Fsp3) is 0. The number of furan rings is 1. The molecule has 5 nitrogen and oxygen atoms in total. The van der Waals surface area contributed by atoms with Crippen molar-refractivity contribution in [2.75, 3.05) is 0 Å². The number of rotatable bonds is 3. The Labute approximate surface area is 301 Å². The van der Waals surface area contributed by atoms with Gasteiger partial charge in [0.15, 0.2) is 5.82 Å². The van der Waals surface area contributed by atoms with Crippen molar-refractivity contribution < 1.29 is 4.42 Å². The Kier molecular flexibility index (Phi) is 5.06. The summed E-state index contributed by atoms with van der Waals surface area (Å²) in [5.74, 6) is 0.798. The van der Waals surface area contributed by atoms with Crippen molar-refractivity contribution >= 4 is 92.9 Å². The molecule has 244 valence electrons. The second-order valence-corrected chi connectivity index (χ2v) is 14.1. The fourth-order valence-electron chi connectivity index (χ4n) is 9.20. The van der Waals surface area contributed by atoms with E-state index in [1.54, 1.807) is 0 Å². The van der Waals surface area contributed by atoms with Gasteiger partial charge < -0.3 is 8.82 Å². The summed E-state index contributed by atoms with van der Waals surface area (Å²) >= 11 is 0. The summed E-state index contributed by atoms with van der Waals surface area (Å²) in [6, 6.07) is 56.1. The van der Waals surface area contributed by atoms with E-state index in [2.05, 4.69) is 167 Å². The quantitative estimate of drug-likeness (QED) is 0.175. The van der Waals surface area contributed by atoms with E-state index in [1.165, 1.54) is 32.6 Å². The van der Waals surface area contributed by atoms with E-state index < -0.39 is 0 Å². The molecule has 0 fully saturated rings. The average Bonchev–Trinajstić information content (AvgIpc) is 3.85. The molecule has 5 heterocycles. The van der Waals surface area contributed by atoms with Crippen LogP contribution in [0.4, 0.5) is 0 Å². The van der Waals surface area contributed by atoms with E-state index in [0.29, 0.717) is 0 Å². The standard InChI is InChI=1S/C48H26N4O/c1-2-10-27(11-3-1)29-13-8-14-30(26-29)45-48(50-46-31-15-5-4-12-28(31)20-22-34(46)49-45)52-37-19-9-18-36-41(37)42-38(52)23-25-39-43(42)44-40(53-39)24-21-33-32-16-6-7-17-35(32)51(36)47(33)44/h1-26H. The highest BCUT2D eigenvalue weighted by Gasteiger charge is 2.28. The maximum Gasteiger partial charge on any atom is 0.165 e. The first-order valence-corrected chi connectivity index (χ1v) is 18.0. The minimum Gasteiger partial charge on any atom is -0.456 e. The number of hydrogen-bond donors (Lipinski definition) is 0. The molecule has 0 aliphatic carbocycles. The van der Waals surface area contributed by atoms with Crippen LogP contribution in [0, 0.1) is 0 Å². The molecule has 13 aromatic rings. The second-order valence-electron chi connectivity index (χ2n) is 14.1. The van der Waals surface area contributed by atoms with Gasteiger partial charge in [-0.25, -0.2) is 9.97 Å². The van der Waals surface area contributed by atoms with Crippen LogP contribution >= 0.6 is 0 Å². The number of benzene rings is 8. The van der Waals surface area contributed by atoms with Gasteiger partial charge in [-0.3, -0.25) is 4.57 Å². The first-order valence-electron chi connectivity index (χ1n) is 18.0. The van der Waals surface area contributed by atoms with Gasteiger partial charge in [-0.15, -0.1) is 0 Å². The van der Waals surface area contributed by atoms with E-state index in [0.717, 1.165) is 88.5 Å². The largest absolute Gasteiger partial charge is 0.456 e. The first-order chi connectivity index (χ1) is 26.3. The molecule has 0 amide bonds. The predicted molar refractivity (Wildman–Crippen MR) is 218 cm³/mol. The SMILES string of the molecule is c1ccc(-c2cccc(-c3nc4ccc5ccccc5c4nc3-n3c4ccc5oc6ccc7c8ccccc8n8c9cccc3c9c4c5c6c78)c2)cc1. The minimum absolute atomic E-state index is 0.798. The third-order valence-corrected chi connectivity index (χ3v) is 11.4. The van der Waals surface area contributed by atoms with Crippen molar-refractivity contribution in [2.45, 2.75) is 0 Å². The molecule has 0 aliphatic rings. The van der Waals surface area contributed by atoms with Crippen LogP contribution < -0.4 is 0 Å². The molecule has 0 atom stereocenters. The molecular formula is C48H26N4O. The van der Waals surface area contributed by atoms with Gasteiger partial charge in [-0.05, 0) is 71.1 Å². The Morgan fingerprint density at radius 2 is 1.15 bits per heavy atom. The number of para-hydroxylation sites is 1. The van der Waals surface area contributed by atoms with Gasteiger partial charge in [0.25, 0.3) is 0 Å². The summed E-state index contributed by atoms with van der Waals surface area (Å²) in [7, 11) is 0. The number of aromatic nitrogens is 4. The second kappa shape index (κ2) is 9.75. The lowest BCUT2D eigenvalue weighted by Gasteiger charge is -2.15. The Bertz CT molecular complexity index is 3620. The summed E-state index contributed by atoms with van der Waals surface area (Å²) in [4.78, 5) is 11.1. The van der Waals surface area contributed by atoms with Crippen molar-refractivity contribution in [1.82, 2.24) is 18.9 Å². The van der Waals surface area contributed by atoms with E-state index >= 15 is 0 Å². The van der Waals surface area contributed by atoms with Crippen LogP contribution in [0.15, 0.2) is 162 Å². The van der Waals surface area contributed by atoms with Gasteiger partial charge in [0, 0.05) is 37.9 Å². The third kappa shape index (κ3) is 3.46. The van der Waals surface area contributed by atoms with Crippen LogP contribution in [0.2, 0.25) is 0 Å². The lowest BCUT2D eigenvalue weighted by Crippen LogP contribution is -2.04. The smallest absolute Gasteiger partial charge is 0.165 e. The lowest BCUT2D eigenvalue weighted by molar-refractivity contribution is 0.669. The van der Waals surface area contributed by atoms with Gasteiger partial charge in [0.1, 0.15) is 16.9 Å². The van der Waals surface area contributed by atoms with E-state index in [4.69, 9.17) is 14.4 Å². The maximum atomic E-state index is 6.65. The van der Waals surface area contributed by atoms with Crippen LogP contribution in [-0.4, -0.2) is 18.9 Å². The fourth-order valence-corrected chi connectivity index (χ4v) is 9.20. The highest BCUT2D eigenvalue weighted by atomic mass is 16.3. The molecule has 0 aliphatic heterocycles. The lowest BCUT2D eigenvalue weighted by atomic mass is 10.0. The molecule has 0 unspecified atom stereocenters. The molecule has 0 saturated heterocycles. The molecule has 8 aromatic carbocycles. The Morgan fingerprint density at radius 3 is 2.09 bits per heavy atom. The summed E-state index contributed by atoms with van der Waals surface area (Å²) in [5, 5.41) is 9.35. The highest BCUT2D eigenvalue weighted by molar-refractivity contribution is 6.37. The van der Waals surface area contributed by atoms with Crippen LogP contribution in [0.1, 0.15) is 0 Å². The van der Waals surface area contributed by atoms with Crippen molar-refractivity contribution in [2.24, 2.45) is 0 Å². The number of fused-ring (bicyclic) bond motifs is 7. The van der Waals surface area contributed by atoms with Crippen LogP contribution in [-0.2, 0) is 0 Å². The summed E-state index contributed by atoms with van der Waals surface area (Å²) < 4.78 is 11.5. The van der Waals surface area contributed by atoms with Crippen LogP contribution in [0.3, 0.4) is 0 Å². The molecule has 0 N–H and O–H groups in total. The molecule has 5 aromatic heterocycles. The number of hydrogen-bond acceptors (Lipinski definition) is 3. The van der Waals surface area contributed by atoms with Gasteiger partial charge >= 0.3 is 0 Å². The molecular weight excluding hydrogens is 649 g/mol. The van der Waals surface area contributed by atoms with Gasteiger partial charge in [0.05, 0.1) is 44.0 Å². The van der Waals surface area contributed by atoms with E-state index in [-0.39, 0.29) is 0 Å². The molecule has 0 bridgehead atoms. The predicted octanol–water partition coefficient (Wildman–Crippen LogP) is 12.5. The summed E-state index contributed by atoms with van der Waals surface area (Å²) in [6.45, 7) is 0. The zero-order valence-electron chi connectivity index (χ0n) is 28.2. The Morgan fingerprint density at radius 1 is 0.434 bits per heavy atom. The Balaban J connectivity index is 1.24. The van der Waals surface area contributed by atoms with Crippen LogP contribution in [0.25, 0.3) is 121 Å². The van der Waals surface area contributed by atoms with Crippen molar-refractivity contribution in [3.05, 3.63) is 158 Å². The number of nitrogens with zero attached hydrogens (tertiary/aromatic N) is 4. The summed E-state index contributed by atoms with van der Waals surface area (Å²) in [5.41, 5.74) is 13.4. The van der Waals surface area contributed by atoms with Crippen molar-refractivity contribution in [3.8, 4) is 28.2 Å². The zero-order valence-corrected chi connectivity index (χ0v) is 28.2. The maximum absolute atomic E-state index is 6.65. The molecule has 0 saturated carbocycles. The van der Waals surface area contributed by atoms with Gasteiger partial charge in [0.2, 0.25) is 0 Å². The molecule has 13 rings (SSSR count). The zero-order chi connectivity index (χ0) is 34.4. The van der Waals surface area contributed by atoms with Crippen molar-refractivity contribution in [3.63, 3.8) is 0 Å². The first kappa shape index (κ1) is 27.5. The monoisotopic (exact) mass is 674 g/mol. The average molecular weight is 675 g/mol. The molecule has 0 spiro atoms. The van der Waals surface area contributed by atoms with Gasteiger partial charge in [-0.1, -0.05) is 103 Å². The molecule has 0 radical (unpaired) electrons. The molecule has 53 heavy (non-hydrogen) atoms. The highest BCUT2D eigenvalue weighted by Crippen LogP contribution is 2.49.